The summed E-state index contributed by atoms with van der Waals surface area (Å²) in [6.45, 7) is 4.37. The van der Waals surface area contributed by atoms with E-state index in [9.17, 15) is 4.79 Å². The molecule has 5 nitrogen and oxygen atoms in total. The Kier molecular flexibility index (Phi) is 5.05. The quantitative estimate of drug-likeness (QED) is 0.548. The number of aromatic nitrogens is 1. The maximum atomic E-state index is 12.3. The molecule has 2 aromatic carbocycles. The number of hydrogen-bond donors (Lipinski definition) is 0. The van der Waals surface area contributed by atoms with Crippen LogP contribution in [0.2, 0.25) is 0 Å². The van der Waals surface area contributed by atoms with Crippen LogP contribution in [0.25, 0.3) is 10.8 Å². The maximum absolute atomic E-state index is 12.3. The molecule has 2 heterocycles. The fourth-order valence-electron chi connectivity index (χ4n) is 3.25. The lowest BCUT2D eigenvalue weighted by Gasteiger charge is -2.37. The molecule has 1 fully saturated rings. The smallest absolute Gasteiger partial charge is 0.184 e. The summed E-state index contributed by atoms with van der Waals surface area (Å²) in [7, 11) is 0. The molecule has 1 aliphatic rings. The Hall–Kier alpha value is -2.50. The predicted molar refractivity (Wildman–Crippen MR) is 101 cm³/mol. The van der Waals surface area contributed by atoms with Crippen LogP contribution in [-0.4, -0.2) is 24.2 Å². The Morgan fingerprint density at radius 1 is 1.11 bits per heavy atom. The van der Waals surface area contributed by atoms with Gasteiger partial charge < -0.3 is 14.0 Å². The lowest BCUT2D eigenvalue weighted by Crippen LogP contribution is -2.39. The van der Waals surface area contributed by atoms with Crippen molar-refractivity contribution in [2.75, 3.05) is 13.2 Å². The number of rotatable bonds is 8. The summed E-state index contributed by atoms with van der Waals surface area (Å²) in [6, 6.07) is 16.2. The zero-order chi connectivity index (χ0) is 18.7. The number of ketones is 1. The average Bonchev–Trinajstić information content (AvgIpc) is 3.13. The van der Waals surface area contributed by atoms with E-state index >= 15 is 0 Å². The van der Waals surface area contributed by atoms with Gasteiger partial charge in [-0.25, -0.2) is 0 Å². The van der Waals surface area contributed by atoms with Crippen molar-refractivity contribution in [1.82, 2.24) is 5.16 Å². The number of carbonyl (C=O) groups excluding carboxylic acids is 1. The fourth-order valence-corrected chi connectivity index (χ4v) is 3.25. The Morgan fingerprint density at radius 3 is 2.70 bits per heavy atom. The Bertz CT molecular complexity index is 942. The number of Topliss-reactive ketones (excluding diaryl/α,β-unsaturated/α-hetero) is 1. The number of benzene rings is 2. The van der Waals surface area contributed by atoms with Gasteiger partial charge in [-0.2, -0.15) is 0 Å². The molecule has 1 saturated heterocycles. The van der Waals surface area contributed by atoms with E-state index in [2.05, 4.69) is 42.4 Å². The van der Waals surface area contributed by atoms with Gasteiger partial charge in [0.1, 0.15) is 12.3 Å². The van der Waals surface area contributed by atoms with Crippen LogP contribution in [0.5, 0.6) is 0 Å². The molecule has 0 bridgehead atoms. The zero-order valence-electron chi connectivity index (χ0n) is 15.4. The molecule has 1 aliphatic heterocycles. The van der Waals surface area contributed by atoms with Gasteiger partial charge in [0, 0.05) is 17.9 Å². The van der Waals surface area contributed by atoms with Crippen molar-refractivity contribution in [3.8, 4) is 0 Å². The summed E-state index contributed by atoms with van der Waals surface area (Å²) >= 11 is 0. The topological polar surface area (TPSA) is 61.6 Å². The third-order valence-corrected chi connectivity index (χ3v) is 5.03. The number of fused-ring (bicyclic) bond motifs is 1. The minimum atomic E-state index is 0.00709. The highest BCUT2D eigenvalue weighted by Gasteiger charge is 2.33. The normalized spacial score (nSPS) is 15.6. The van der Waals surface area contributed by atoms with Gasteiger partial charge in [0.05, 0.1) is 19.8 Å². The average molecular weight is 365 g/mol. The standard InChI is InChI=1S/C22H23NO4/c1-22(14-26-15-22)9-8-21(24)20-11-19(27-23-20)13-25-12-16-6-7-17-4-2-3-5-18(17)10-16/h2-7,10-11H,8-9,12-15H2,1H3. The molecule has 4 rings (SSSR count). The highest BCUT2D eigenvalue weighted by molar-refractivity contribution is 5.94. The molecule has 27 heavy (non-hydrogen) atoms. The maximum Gasteiger partial charge on any atom is 0.184 e. The second-order valence-electron chi connectivity index (χ2n) is 7.58. The predicted octanol–water partition coefficient (Wildman–Crippen LogP) is 4.54. The molecular weight excluding hydrogens is 342 g/mol. The van der Waals surface area contributed by atoms with Gasteiger partial charge >= 0.3 is 0 Å². The van der Waals surface area contributed by atoms with Gasteiger partial charge in [0.25, 0.3) is 0 Å². The molecule has 0 amide bonds. The first-order chi connectivity index (χ1) is 13.1. The van der Waals surface area contributed by atoms with Gasteiger partial charge in [0.2, 0.25) is 0 Å². The minimum absolute atomic E-state index is 0.00709. The van der Waals surface area contributed by atoms with Crippen LogP contribution >= 0.6 is 0 Å². The summed E-state index contributed by atoms with van der Waals surface area (Å²) in [5.74, 6) is 0.574. The fraction of sp³-hybridized carbons (Fsp3) is 0.364. The largest absolute Gasteiger partial charge is 0.380 e. The molecule has 0 saturated carbocycles. The van der Waals surface area contributed by atoms with Crippen LogP contribution in [-0.2, 0) is 22.7 Å². The molecule has 0 unspecified atom stereocenters. The Labute approximate surface area is 158 Å². The number of carbonyl (C=O) groups is 1. The van der Waals surface area contributed by atoms with E-state index in [-0.39, 0.29) is 11.2 Å². The molecule has 140 valence electrons. The van der Waals surface area contributed by atoms with Crippen molar-refractivity contribution in [2.45, 2.75) is 33.0 Å². The molecule has 0 spiro atoms. The Morgan fingerprint density at radius 2 is 1.93 bits per heavy atom. The van der Waals surface area contributed by atoms with Crippen molar-refractivity contribution in [2.24, 2.45) is 5.41 Å². The van der Waals surface area contributed by atoms with E-state index in [0.717, 1.165) is 25.2 Å². The zero-order valence-corrected chi connectivity index (χ0v) is 15.4. The Balaban J connectivity index is 1.28. The molecule has 0 N–H and O–H groups in total. The van der Waals surface area contributed by atoms with Gasteiger partial charge in [-0.05, 0) is 28.8 Å². The van der Waals surface area contributed by atoms with Crippen molar-refractivity contribution < 1.29 is 18.8 Å². The lowest BCUT2D eigenvalue weighted by atomic mass is 9.83. The summed E-state index contributed by atoms with van der Waals surface area (Å²) in [6.07, 6.45) is 1.27. The summed E-state index contributed by atoms with van der Waals surface area (Å²) < 4.78 is 16.2. The monoisotopic (exact) mass is 365 g/mol. The highest BCUT2D eigenvalue weighted by Crippen LogP contribution is 2.32. The van der Waals surface area contributed by atoms with Crippen LogP contribution in [0.4, 0.5) is 0 Å². The molecule has 3 aromatic rings. The first-order valence-corrected chi connectivity index (χ1v) is 9.23. The van der Waals surface area contributed by atoms with E-state index < -0.39 is 0 Å². The molecular formula is C22H23NO4. The first kappa shape index (κ1) is 17.9. The third kappa shape index (κ3) is 4.26. The molecule has 1 aromatic heterocycles. The van der Waals surface area contributed by atoms with Gasteiger partial charge in [-0.15, -0.1) is 0 Å². The number of nitrogens with zero attached hydrogens (tertiary/aromatic N) is 1. The van der Waals surface area contributed by atoms with Crippen molar-refractivity contribution in [3.63, 3.8) is 0 Å². The van der Waals surface area contributed by atoms with Crippen molar-refractivity contribution >= 4 is 16.6 Å². The SMILES string of the molecule is CC1(CCC(=O)c2cc(COCc3ccc4ccccc4c3)on2)COC1. The molecule has 0 aliphatic carbocycles. The van der Waals surface area contributed by atoms with Gasteiger partial charge in [-0.3, -0.25) is 4.79 Å². The van der Waals surface area contributed by atoms with E-state index in [4.69, 9.17) is 14.0 Å². The first-order valence-electron chi connectivity index (χ1n) is 9.23. The second kappa shape index (κ2) is 7.62. The van der Waals surface area contributed by atoms with Crippen LogP contribution < -0.4 is 0 Å². The van der Waals surface area contributed by atoms with Gasteiger partial charge in [-0.1, -0.05) is 48.5 Å². The highest BCUT2D eigenvalue weighted by atomic mass is 16.5. The van der Waals surface area contributed by atoms with Crippen molar-refractivity contribution in [3.05, 3.63) is 65.5 Å². The number of ether oxygens (including phenoxy) is 2. The summed E-state index contributed by atoms with van der Waals surface area (Å²) in [5, 5.41) is 6.29. The van der Waals surface area contributed by atoms with E-state index in [1.807, 2.05) is 12.1 Å². The third-order valence-electron chi connectivity index (χ3n) is 5.03. The van der Waals surface area contributed by atoms with Crippen LogP contribution in [0.15, 0.2) is 53.1 Å². The van der Waals surface area contributed by atoms with Crippen molar-refractivity contribution in [1.29, 1.82) is 0 Å². The second-order valence-corrected chi connectivity index (χ2v) is 7.58. The van der Waals surface area contributed by atoms with E-state index in [1.54, 1.807) is 6.07 Å². The molecule has 0 atom stereocenters. The van der Waals surface area contributed by atoms with E-state index in [0.29, 0.717) is 31.1 Å². The van der Waals surface area contributed by atoms with Gasteiger partial charge in [0.15, 0.2) is 11.5 Å². The summed E-state index contributed by atoms with van der Waals surface area (Å²) in [5.41, 5.74) is 1.61. The number of hydrogen-bond acceptors (Lipinski definition) is 5. The lowest BCUT2D eigenvalue weighted by molar-refractivity contribution is -0.105. The molecule has 0 radical (unpaired) electrons. The van der Waals surface area contributed by atoms with Crippen LogP contribution in [0.3, 0.4) is 0 Å². The van der Waals surface area contributed by atoms with Crippen LogP contribution in [0.1, 0.15) is 41.6 Å². The minimum Gasteiger partial charge on any atom is -0.380 e. The van der Waals surface area contributed by atoms with Crippen LogP contribution in [0, 0.1) is 5.41 Å². The summed E-state index contributed by atoms with van der Waals surface area (Å²) in [4.78, 5) is 12.3. The van der Waals surface area contributed by atoms with E-state index in [1.165, 1.54) is 10.8 Å². The molecule has 5 heteroatoms.